The highest BCUT2D eigenvalue weighted by atomic mass is 79.9. The summed E-state index contributed by atoms with van der Waals surface area (Å²) in [7, 11) is 0. The summed E-state index contributed by atoms with van der Waals surface area (Å²) in [4.78, 5) is 8.34. The summed E-state index contributed by atoms with van der Waals surface area (Å²) >= 11 is 7.41. The zero-order valence-corrected chi connectivity index (χ0v) is 23.6. The molecule has 0 aromatic heterocycles. The van der Waals surface area contributed by atoms with Crippen LogP contribution in [0.2, 0.25) is 0 Å². The molecule has 0 fully saturated rings. The van der Waals surface area contributed by atoms with E-state index in [0.717, 1.165) is 42.8 Å². The van der Waals surface area contributed by atoms with Gasteiger partial charge in [-0.3, -0.25) is 0 Å². The summed E-state index contributed by atoms with van der Waals surface area (Å²) in [5.74, 6) is 0. The Hall–Kier alpha value is -4.30. The van der Waals surface area contributed by atoms with Crippen molar-refractivity contribution < 1.29 is 0 Å². The lowest BCUT2D eigenvalue weighted by molar-refractivity contribution is 1.26. The second kappa shape index (κ2) is 9.17. The van der Waals surface area contributed by atoms with Gasteiger partial charge in [0, 0.05) is 42.8 Å². The molecule has 2 heterocycles. The summed E-state index contributed by atoms with van der Waals surface area (Å²) in [6, 6.07) is 37.2. The van der Waals surface area contributed by atoms with Crippen LogP contribution in [0.25, 0.3) is 27.1 Å². The van der Waals surface area contributed by atoms with Crippen LogP contribution < -0.4 is 15.1 Å². The van der Waals surface area contributed by atoms with Crippen LogP contribution in [0.1, 0.15) is 5.56 Å². The lowest BCUT2D eigenvalue weighted by Crippen LogP contribution is -2.61. The SMILES string of the molecule is [C-]#[N+]c1ccc(N2B3c4c(cccc4-c4cc(Br)ccc42)-c2cc(Br)ccc2N3c2ccc(C#N)cc2)cc1. The Morgan fingerprint density at radius 2 is 1.18 bits per heavy atom. The van der Waals surface area contributed by atoms with Crippen molar-refractivity contribution in [1.29, 1.82) is 5.26 Å². The average Bonchev–Trinajstić information content (AvgIpc) is 2.98. The van der Waals surface area contributed by atoms with Gasteiger partial charge in [-0.15, -0.1) is 0 Å². The summed E-state index contributed by atoms with van der Waals surface area (Å²) in [5.41, 5.74) is 11.3. The molecule has 5 aromatic rings. The van der Waals surface area contributed by atoms with Gasteiger partial charge < -0.3 is 9.62 Å². The maximum absolute atomic E-state index is 9.46. The van der Waals surface area contributed by atoms with Crippen molar-refractivity contribution in [3.05, 3.63) is 129 Å². The predicted octanol–water partition coefficient (Wildman–Crippen LogP) is 8.97. The molecule has 0 saturated heterocycles. The number of benzene rings is 5. The van der Waals surface area contributed by atoms with Crippen molar-refractivity contribution in [2.24, 2.45) is 0 Å². The molecule has 0 spiro atoms. The standard InChI is InChI=1S/C32H17BBr2N4/c1-37-23-9-13-25(14-10-23)39-31-16-8-22(35)18-29(31)27-4-2-3-26-28-17-21(34)7-15-30(28)38(33(39)32(26)27)24-11-5-20(19-36)6-12-24/h2-18H. The van der Waals surface area contributed by atoms with Crippen molar-refractivity contribution in [3.63, 3.8) is 0 Å². The third kappa shape index (κ3) is 3.70. The summed E-state index contributed by atoms with van der Waals surface area (Å²) in [6.45, 7) is 7.25. The largest absolute Gasteiger partial charge is 0.421 e. The maximum atomic E-state index is 9.46. The van der Waals surface area contributed by atoms with Gasteiger partial charge in [0.25, 0.3) is 0 Å². The monoisotopic (exact) mass is 626 g/mol. The van der Waals surface area contributed by atoms with E-state index in [1.165, 1.54) is 16.6 Å². The smallest absolute Gasteiger partial charge is 0.361 e. The van der Waals surface area contributed by atoms with Crippen molar-refractivity contribution >= 4 is 72.7 Å². The van der Waals surface area contributed by atoms with Gasteiger partial charge in [-0.1, -0.05) is 74.3 Å². The van der Waals surface area contributed by atoms with Crippen LogP contribution in [0.3, 0.4) is 0 Å². The molecule has 0 unspecified atom stereocenters. The minimum atomic E-state index is -0.203. The van der Waals surface area contributed by atoms with Crippen LogP contribution >= 0.6 is 31.9 Å². The second-order valence-corrected chi connectivity index (χ2v) is 11.3. The number of anilines is 4. The summed E-state index contributed by atoms with van der Waals surface area (Å²) in [5, 5.41) is 9.46. The topological polar surface area (TPSA) is 34.6 Å². The molecule has 0 saturated carbocycles. The van der Waals surface area contributed by atoms with Crippen LogP contribution in [0.15, 0.2) is 112 Å². The number of halogens is 2. The molecule has 0 N–H and O–H groups in total. The quantitative estimate of drug-likeness (QED) is 0.145. The Labute approximate surface area is 243 Å². The summed E-state index contributed by atoms with van der Waals surface area (Å²) < 4.78 is 2.03. The van der Waals surface area contributed by atoms with E-state index >= 15 is 0 Å². The van der Waals surface area contributed by atoms with E-state index in [4.69, 9.17) is 6.57 Å². The number of hydrogen-bond donors (Lipinski definition) is 0. The van der Waals surface area contributed by atoms with Crippen LogP contribution in [0, 0.1) is 17.9 Å². The summed E-state index contributed by atoms with van der Waals surface area (Å²) in [6.07, 6.45) is 0. The number of nitriles is 1. The van der Waals surface area contributed by atoms with Crippen LogP contribution in [-0.4, -0.2) is 6.98 Å². The van der Waals surface area contributed by atoms with Crippen molar-refractivity contribution in [3.8, 4) is 28.3 Å². The fraction of sp³-hybridized carbons (Fsp3) is 0. The zero-order valence-electron chi connectivity index (χ0n) is 20.4. The molecule has 0 bridgehead atoms. The Bertz CT molecular complexity index is 1740. The molecule has 0 amide bonds. The molecule has 5 aromatic carbocycles. The van der Waals surface area contributed by atoms with E-state index < -0.39 is 0 Å². The molecule has 2 aliphatic rings. The minimum absolute atomic E-state index is 0.203. The first-order valence-electron chi connectivity index (χ1n) is 12.4. The van der Waals surface area contributed by atoms with Gasteiger partial charge in [0.15, 0.2) is 5.69 Å². The van der Waals surface area contributed by atoms with E-state index in [1.54, 1.807) is 0 Å². The van der Waals surface area contributed by atoms with Gasteiger partial charge in [0.2, 0.25) is 0 Å². The average molecular weight is 628 g/mol. The van der Waals surface area contributed by atoms with Gasteiger partial charge >= 0.3 is 6.98 Å². The molecule has 0 aliphatic carbocycles. The number of rotatable bonds is 2. The van der Waals surface area contributed by atoms with E-state index in [1.807, 2.05) is 48.5 Å². The number of hydrogen-bond acceptors (Lipinski definition) is 3. The highest BCUT2D eigenvalue weighted by molar-refractivity contribution is 9.10. The van der Waals surface area contributed by atoms with Crippen LogP contribution in [0.4, 0.5) is 28.4 Å². The van der Waals surface area contributed by atoms with E-state index in [-0.39, 0.29) is 6.98 Å². The van der Waals surface area contributed by atoms with Gasteiger partial charge in [0.05, 0.1) is 18.2 Å². The molecule has 39 heavy (non-hydrogen) atoms. The zero-order chi connectivity index (χ0) is 26.7. The van der Waals surface area contributed by atoms with Crippen LogP contribution in [-0.2, 0) is 0 Å². The van der Waals surface area contributed by atoms with Crippen molar-refractivity contribution in [1.82, 2.24) is 0 Å². The first kappa shape index (κ1) is 23.8. The number of nitrogens with zero attached hydrogens (tertiary/aromatic N) is 4. The second-order valence-electron chi connectivity index (χ2n) is 9.49. The first-order valence-corrected chi connectivity index (χ1v) is 13.9. The predicted molar refractivity (Wildman–Crippen MR) is 166 cm³/mol. The lowest BCUT2D eigenvalue weighted by Gasteiger charge is -2.47. The Morgan fingerprint density at radius 3 is 1.67 bits per heavy atom. The molecule has 7 heteroatoms. The fourth-order valence-electron chi connectivity index (χ4n) is 5.76. The Balaban J connectivity index is 1.58. The Morgan fingerprint density at radius 1 is 0.667 bits per heavy atom. The highest BCUT2D eigenvalue weighted by Gasteiger charge is 2.46. The molecule has 0 radical (unpaired) electrons. The van der Waals surface area contributed by atoms with Crippen molar-refractivity contribution in [2.45, 2.75) is 0 Å². The maximum Gasteiger partial charge on any atom is 0.421 e. The molecule has 0 atom stereocenters. The Kier molecular flexibility index (Phi) is 5.59. The molecular weight excluding hydrogens is 611 g/mol. The molecule has 2 aliphatic heterocycles. The molecule has 182 valence electrons. The van der Waals surface area contributed by atoms with Gasteiger partial charge in [-0.2, -0.15) is 5.26 Å². The van der Waals surface area contributed by atoms with Gasteiger partial charge in [-0.05, 0) is 77.3 Å². The third-order valence-corrected chi connectivity index (χ3v) is 8.39. The fourth-order valence-corrected chi connectivity index (χ4v) is 6.49. The lowest BCUT2D eigenvalue weighted by atomic mass is 9.53. The van der Waals surface area contributed by atoms with E-state index in [2.05, 4.69) is 107 Å². The molecular formula is C32H17BBr2N4. The molecule has 4 nitrogen and oxygen atoms in total. The minimum Gasteiger partial charge on any atom is -0.361 e. The highest BCUT2D eigenvalue weighted by Crippen LogP contribution is 2.49. The van der Waals surface area contributed by atoms with Gasteiger partial charge in [-0.25, -0.2) is 4.85 Å². The van der Waals surface area contributed by atoms with E-state index in [9.17, 15) is 5.26 Å². The number of fused-ring (bicyclic) bond motifs is 4. The normalized spacial score (nSPS) is 12.7. The van der Waals surface area contributed by atoms with Crippen molar-refractivity contribution in [2.75, 3.05) is 9.62 Å². The first-order chi connectivity index (χ1) is 19.1. The van der Waals surface area contributed by atoms with E-state index in [0.29, 0.717) is 11.3 Å². The van der Waals surface area contributed by atoms with Gasteiger partial charge in [0.1, 0.15) is 0 Å². The molecule has 7 rings (SSSR count). The third-order valence-electron chi connectivity index (χ3n) is 7.40. The van der Waals surface area contributed by atoms with Crippen LogP contribution in [0.5, 0.6) is 0 Å².